The van der Waals surface area contributed by atoms with Crippen LogP contribution in [-0.2, 0) is 6.42 Å². The van der Waals surface area contributed by atoms with Crippen molar-refractivity contribution in [2.45, 2.75) is 13.3 Å². The molecule has 1 aromatic carbocycles. The Morgan fingerprint density at radius 2 is 2.00 bits per heavy atom. The molecule has 0 bridgehead atoms. The summed E-state index contributed by atoms with van der Waals surface area (Å²) in [6.45, 7) is 2.73. The van der Waals surface area contributed by atoms with E-state index < -0.39 is 0 Å². The number of hydrogen-bond donors (Lipinski definition) is 1. The zero-order chi connectivity index (χ0) is 13.0. The van der Waals surface area contributed by atoms with Crippen LogP contribution in [0.3, 0.4) is 0 Å². The van der Waals surface area contributed by atoms with E-state index in [-0.39, 0.29) is 5.82 Å². The van der Waals surface area contributed by atoms with Crippen LogP contribution in [0, 0.1) is 12.7 Å². The summed E-state index contributed by atoms with van der Waals surface area (Å²) in [6, 6.07) is 7.27. The number of hydrogen-bond acceptors (Lipinski definition) is 2. The van der Waals surface area contributed by atoms with Crippen LogP contribution in [0.5, 0.6) is 0 Å². The highest BCUT2D eigenvalue weighted by Gasteiger charge is 2.04. The smallest absolute Gasteiger partial charge is 0.139 e. The van der Waals surface area contributed by atoms with Crippen LogP contribution in [0.4, 0.5) is 10.1 Å². The Hall–Kier alpha value is -1.42. The zero-order valence-electron chi connectivity index (χ0n) is 10.1. The van der Waals surface area contributed by atoms with Gasteiger partial charge in [0.05, 0.1) is 4.47 Å². The third-order valence-corrected chi connectivity index (χ3v) is 3.35. The Bertz CT molecular complexity index is 529. The Kier molecular flexibility index (Phi) is 4.31. The average molecular weight is 309 g/mol. The Morgan fingerprint density at radius 3 is 2.72 bits per heavy atom. The molecule has 4 heteroatoms. The number of nitrogens with one attached hydrogen (secondary N) is 1. The highest BCUT2D eigenvalue weighted by atomic mass is 79.9. The third kappa shape index (κ3) is 3.29. The van der Waals surface area contributed by atoms with E-state index in [1.807, 2.05) is 19.1 Å². The lowest BCUT2D eigenvalue weighted by molar-refractivity contribution is 0.621. The van der Waals surface area contributed by atoms with Crippen LogP contribution >= 0.6 is 15.9 Å². The highest BCUT2D eigenvalue weighted by molar-refractivity contribution is 9.10. The quantitative estimate of drug-likeness (QED) is 0.925. The maximum absolute atomic E-state index is 13.4. The first-order valence-corrected chi connectivity index (χ1v) is 6.54. The van der Waals surface area contributed by atoms with Gasteiger partial charge in [-0.1, -0.05) is 0 Å². The fraction of sp³-hybridized carbons (Fsp3) is 0.214. The number of nitrogens with zero attached hydrogens (tertiary/aromatic N) is 1. The first-order valence-electron chi connectivity index (χ1n) is 5.75. The van der Waals surface area contributed by atoms with Gasteiger partial charge in [0, 0.05) is 24.6 Å². The van der Waals surface area contributed by atoms with Gasteiger partial charge in [-0.25, -0.2) is 4.39 Å². The van der Waals surface area contributed by atoms with Gasteiger partial charge in [0.1, 0.15) is 5.82 Å². The molecule has 94 valence electrons. The topological polar surface area (TPSA) is 24.9 Å². The van der Waals surface area contributed by atoms with Crippen LogP contribution in [-0.4, -0.2) is 11.5 Å². The van der Waals surface area contributed by atoms with Crippen molar-refractivity contribution in [3.05, 3.63) is 58.1 Å². The van der Waals surface area contributed by atoms with Crippen molar-refractivity contribution < 1.29 is 4.39 Å². The average Bonchev–Trinajstić information content (AvgIpc) is 2.37. The number of aryl methyl sites for hydroxylation is 1. The van der Waals surface area contributed by atoms with Gasteiger partial charge >= 0.3 is 0 Å². The molecule has 1 heterocycles. The van der Waals surface area contributed by atoms with Crippen molar-refractivity contribution in [1.29, 1.82) is 0 Å². The maximum atomic E-state index is 13.4. The van der Waals surface area contributed by atoms with Crippen molar-refractivity contribution >= 4 is 21.6 Å². The molecule has 0 fully saturated rings. The molecule has 0 aliphatic carbocycles. The molecule has 18 heavy (non-hydrogen) atoms. The first-order chi connectivity index (χ1) is 8.66. The number of aromatic nitrogens is 1. The highest BCUT2D eigenvalue weighted by Crippen LogP contribution is 2.23. The van der Waals surface area contributed by atoms with E-state index in [0.717, 1.165) is 24.2 Å². The molecule has 0 atom stereocenters. The van der Waals surface area contributed by atoms with Crippen molar-refractivity contribution in [3.8, 4) is 0 Å². The minimum Gasteiger partial charge on any atom is -0.384 e. The van der Waals surface area contributed by atoms with E-state index in [2.05, 4.69) is 26.2 Å². The molecule has 1 N–H and O–H groups in total. The first kappa shape index (κ1) is 13.0. The van der Waals surface area contributed by atoms with Crippen LogP contribution < -0.4 is 5.32 Å². The monoisotopic (exact) mass is 308 g/mol. The molecule has 0 saturated carbocycles. The summed E-state index contributed by atoms with van der Waals surface area (Å²) in [5, 5.41) is 3.25. The third-order valence-electron chi connectivity index (χ3n) is 2.75. The number of benzene rings is 1. The predicted octanol–water partition coefficient (Wildman–Crippen LogP) is 3.95. The van der Waals surface area contributed by atoms with Gasteiger partial charge in [-0.2, -0.15) is 0 Å². The molecule has 0 amide bonds. The van der Waals surface area contributed by atoms with E-state index in [9.17, 15) is 4.39 Å². The van der Waals surface area contributed by atoms with Crippen LogP contribution in [0.1, 0.15) is 11.1 Å². The molecule has 2 rings (SSSR count). The van der Waals surface area contributed by atoms with E-state index in [1.54, 1.807) is 18.5 Å². The van der Waals surface area contributed by atoms with Gasteiger partial charge in [0.25, 0.3) is 0 Å². The Balaban J connectivity index is 1.97. The summed E-state index contributed by atoms with van der Waals surface area (Å²) >= 11 is 3.18. The van der Waals surface area contributed by atoms with Gasteiger partial charge in [0.2, 0.25) is 0 Å². The molecule has 0 unspecified atom stereocenters. The maximum Gasteiger partial charge on any atom is 0.139 e. The summed E-state index contributed by atoms with van der Waals surface area (Å²) in [6.07, 6.45) is 4.44. The van der Waals surface area contributed by atoms with Crippen molar-refractivity contribution in [2.24, 2.45) is 0 Å². The number of rotatable bonds is 4. The Morgan fingerprint density at radius 1 is 1.28 bits per heavy atom. The molecule has 0 aliphatic heterocycles. The number of pyridine rings is 1. The summed E-state index contributed by atoms with van der Waals surface area (Å²) < 4.78 is 13.9. The number of halogens is 2. The molecule has 1 aromatic heterocycles. The van der Waals surface area contributed by atoms with Gasteiger partial charge in [-0.3, -0.25) is 4.98 Å². The normalized spacial score (nSPS) is 10.4. The lowest BCUT2D eigenvalue weighted by atomic mass is 10.1. The largest absolute Gasteiger partial charge is 0.384 e. The minimum atomic E-state index is -0.244. The molecular weight excluding hydrogens is 295 g/mol. The van der Waals surface area contributed by atoms with E-state index in [4.69, 9.17) is 0 Å². The second-order valence-electron chi connectivity index (χ2n) is 4.11. The fourth-order valence-corrected chi connectivity index (χ4v) is 2.19. The van der Waals surface area contributed by atoms with Crippen LogP contribution in [0.25, 0.3) is 0 Å². The number of anilines is 1. The minimum absolute atomic E-state index is 0.244. The standard InChI is InChI=1S/C14H14BrFN2/c1-10-8-12(15)13(16)9-14(10)18-7-4-11-2-5-17-6-3-11/h2-3,5-6,8-9,18H,4,7H2,1H3. The van der Waals surface area contributed by atoms with E-state index >= 15 is 0 Å². The summed E-state index contributed by atoms with van der Waals surface area (Å²) in [7, 11) is 0. The summed E-state index contributed by atoms with van der Waals surface area (Å²) in [5.41, 5.74) is 3.08. The molecule has 0 aliphatic rings. The molecule has 0 spiro atoms. The van der Waals surface area contributed by atoms with Gasteiger partial charge in [-0.05, 0) is 64.7 Å². The van der Waals surface area contributed by atoms with Crippen LogP contribution in [0.15, 0.2) is 41.1 Å². The van der Waals surface area contributed by atoms with Crippen molar-refractivity contribution in [3.63, 3.8) is 0 Å². The SMILES string of the molecule is Cc1cc(Br)c(F)cc1NCCc1ccncc1. The lowest BCUT2D eigenvalue weighted by Crippen LogP contribution is -2.06. The second-order valence-corrected chi connectivity index (χ2v) is 4.97. The lowest BCUT2D eigenvalue weighted by Gasteiger charge is -2.10. The van der Waals surface area contributed by atoms with Gasteiger partial charge in [-0.15, -0.1) is 0 Å². The fourth-order valence-electron chi connectivity index (χ4n) is 1.73. The Labute approximate surface area is 114 Å². The van der Waals surface area contributed by atoms with Crippen molar-refractivity contribution in [2.75, 3.05) is 11.9 Å². The molecule has 0 radical (unpaired) electrons. The molecule has 2 aromatic rings. The summed E-state index contributed by atoms with van der Waals surface area (Å²) in [4.78, 5) is 3.97. The molecule has 0 saturated heterocycles. The van der Waals surface area contributed by atoms with Gasteiger partial charge in [0.15, 0.2) is 0 Å². The zero-order valence-corrected chi connectivity index (χ0v) is 11.7. The second kappa shape index (κ2) is 5.96. The molecule has 2 nitrogen and oxygen atoms in total. The molecular formula is C14H14BrFN2. The van der Waals surface area contributed by atoms with Crippen molar-refractivity contribution in [1.82, 2.24) is 4.98 Å². The predicted molar refractivity (Wildman–Crippen MR) is 75.3 cm³/mol. The van der Waals surface area contributed by atoms with Gasteiger partial charge < -0.3 is 5.32 Å². The van der Waals surface area contributed by atoms with Crippen LogP contribution in [0.2, 0.25) is 0 Å². The van der Waals surface area contributed by atoms with E-state index in [0.29, 0.717) is 4.47 Å². The van der Waals surface area contributed by atoms with E-state index in [1.165, 1.54) is 11.6 Å². The summed E-state index contributed by atoms with van der Waals surface area (Å²) in [5.74, 6) is -0.244.